The lowest BCUT2D eigenvalue weighted by Crippen LogP contribution is -2.05. The van der Waals surface area contributed by atoms with Crippen LogP contribution in [0.25, 0.3) is 11.0 Å². The first-order valence-corrected chi connectivity index (χ1v) is 6.88. The highest BCUT2D eigenvalue weighted by Gasteiger charge is 2.08. The van der Waals surface area contributed by atoms with E-state index in [2.05, 4.69) is 54.2 Å². The van der Waals surface area contributed by atoms with Gasteiger partial charge in [-0.2, -0.15) is 12.6 Å². The lowest BCUT2D eigenvalue weighted by atomic mass is 10.1. The molecule has 0 aliphatic heterocycles. The van der Waals surface area contributed by atoms with Gasteiger partial charge in [0.2, 0.25) is 0 Å². The Morgan fingerprint density at radius 2 is 2.06 bits per heavy atom. The largest absolute Gasteiger partial charge is 0.328 e. The van der Waals surface area contributed by atoms with Crippen molar-refractivity contribution in [1.82, 2.24) is 9.55 Å². The summed E-state index contributed by atoms with van der Waals surface area (Å²) >= 11 is 4.29. The lowest BCUT2D eigenvalue weighted by molar-refractivity contribution is 0.472. The van der Waals surface area contributed by atoms with Crippen LogP contribution in [0.4, 0.5) is 0 Å². The van der Waals surface area contributed by atoms with Crippen LogP contribution in [0.5, 0.6) is 0 Å². The van der Waals surface area contributed by atoms with Gasteiger partial charge in [0, 0.05) is 6.54 Å². The Balaban J connectivity index is 2.15. The summed E-state index contributed by atoms with van der Waals surface area (Å²) < 4.78 is 2.32. The summed E-state index contributed by atoms with van der Waals surface area (Å²) in [6, 6.07) is 8.36. The zero-order chi connectivity index (χ0) is 12.3. The number of benzene rings is 1. The van der Waals surface area contributed by atoms with Gasteiger partial charge in [-0.3, -0.25) is 0 Å². The van der Waals surface area contributed by atoms with Gasteiger partial charge in [0.1, 0.15) is 5.82 Å². The summed E-state index contributed by atoms with van der Waals surface area (Å²) in [6.45, 7) is 5.44. The Kier molecular flexibility index (Phi) is 4.11. The maximum atomic E-state index is 4.58. The van der Waals surface area contributed by atoms with Crippen molar-refractivity contribution in [1.29, 1.82) is 0 Å². The monoisotopic (exact) mass is 248 g/mol. The second kappa shape index (κ2) is 5.58. The molecule has 0 spiro atoms. The third-order valence-corrected chi connectivity index (χ3v) is 3.57. The molecule has 0 saturated carbocycles. The first kappa shape index (κ1) is 12.5. The molecule has 0 amide bonds. The quantitative estimate of drug-likeness (QED) is 0.799. The molecule has 1 aromatic carbocycles. The van der Waals surface area contributed by atoms with Gasteiger partial charge in [-0.25, -0.2) is 4.98 Å². The molecule has 2 nitrogen and oxygen atoms in total. The Labute approximate surface area is 108 Å². The number of para-hydroxylation sites is 2. The van der Waals surface area contributed by atoms with Crippen LogP contribution >= 0.6 is 12.6 Å². The molecule has 3 heteroatoms. The van der Waals surface area contributed by atoms with Crippen LogP contribution < -0.4 is 0 Å². The summed E-state index contributed by atoms with van der Waals surface area (Å²) in [5, 5.41) is 0. The molecule has 1 unspecified atom stereocenters. The third kappa shape index (κ3) is 2.83. The predicted molar refractivity (Wildman–Crippen MR) is 76.7 cm³/mol. The fourth-order valence-corrected chi connectivity index (χ4v) is 2.63. The van der Waals surface area contributed by atoms with Crippen molar-refractivity contribution in [3.05, 3.63) is 30.1 Å². The molecule has 0 aliphatic rings. The standard InChI is InChI=1S/C14H20N2S/c1-11(8-10-17)7-9-16-12(2)15-13-5-3-4-6-14(13)16/h3-6,11,17H,7-10H2,1-2H3. The molecular formula is C14H20N2S. The second-order valence-electron chi connectivity index (χ2n) is 4.71. The highest BCUT2D eigenvalue weighted by Crippen LogP contribution is 2.18. The highest BCUT2D eigenvalue weighted by atomic mass is 32.1. The fraction of sp³-hybridized carbons (Fsp3) is 0.500. The number of nitrogens with zero attached hydrogens (tertiary/aromatic N) is 2. The Bertz CT molecular complexity index is 490. The van der Waals surface area contributed by atoms with Gasteiger partial charge in [-0.1, -0.05) is 19.1 Å². The van der Waals surface area contributed by atoms with Crippen molar-refractivity contribution in [3.63, 3.8) is 0 Å². The van der Waals surface area contributed by atoms with Crippen molar-refractivity contribution < 1.29 is 0 Å². The molecule has 1 heterocycles. The van der Waals surface area contributed by atoms with Gasteiger partial charge in [-0.15, -0.1) is 0 Å². The van der Waals surface area contributed by atoms with Crippen molar-refractivity contribution in [2.75, 3.05) is 5.75 Å². The van der Waals surface area contributed by atoms with E-state index in [0.29, 0.717) is 0 Å². The molecule has 0 N–H and O–H groups in total. The topological polar surface area (TPSA) is 17.8 Å². The Morgan fingerprint density at radius 3 is 2.82 bits per heavy atom. The molecule has 1 atom stereocenters. The first-order chi connectivity index (χ1) is 8.22. The van der Waals surface area contributed by atoms with E-state index < -0.39 is 0 Å². The maximum absolute atomic E-state index is 4.58. The number of aromatic nitrogens is 2. The van der Waals surface area contributed by atoms with E-state index in [0.717, 1.165) is 29.6 Å². The van der Waals surface area contributed by atoms with Crippen LogP contribution in [0.1, 0.15) is 25.6 Å². The van der Waals surface area contributed by atoms with Crippen molar-refractivity contribution in [2.24, 2.45) is 5.92 Å². The minimum Gasteiger partial charge on any atom is -0.328 e. The SMILES string of the molecule is Cc1nc2ccccc2n1CCC(C)CCS. The predicted octanol–water partition coefficient (Wildman–Crippen LogP) is 3.69. The smallest absolute Gasteiger partial charge is 0.106 e. The Hall–Kier alpha value is -0.960. The maximum Gasteiger partial charge on any atom is 0.106 e. The van der Waals surface area contributed by atoms with Crippen LogP contribution in [0.2, 0.25) is 0 Å². The Morgan fingerprint density at radius 1 is 1.29 bits per heavy atom. The molecule has 0 aliphatic carbocycles. The van der Waals surface area contributed by atoms with Gasteiger partial charge in [0.25, 0.3) is 0 Å². The summed E-state index contributed by atoms with van der Waals surface area (Å²) in [6.07, 6.45) is 2.39. The summed E-state index contributed by atoms with van der Waals surface area (Å²) in [5.74, 6) is 2.82. The van der Waals surface area contributed by atoms with E-state index in [4.69, 9.17) is 0 Å². The van der Waals surface area contributed by atoms with E-state index in [1.54, 1.807) is 0 Å². The van der Waals surface area contributed by atoms with Gasteiger partial charge in [0.05, 0.1) is 11.0 Å². The lowest BCUT2D eigenvalue weighted by Gasteiger charge is -2.12. The van der Waals surface area contributed by atoms with E-state index >= 15 is 0 Å². The molecule has 2 rings (SSSR count). The molecule has 2 aromatic rings. The van der Waals surface area contributed by atoms with E-state index in [9.17, 15) is 0 Å². The molecule has 0 fully saturated rings. The number of hydrogen-bond donors (Lipinski definition) is 1. The van der Waals surface area contributed by atoms with Crippen LogP contribution in [-0.4, -0.2) is 15.3 Å². The molecular weight excluding hydrogens is 228 g/mol. The minimum absolute atomic E-state index is 0.730. The number of hydrogen-bond acceptors (Lipinski definition) is 2. The van der Waals surface area contributed by atoms with Crippen LogP contribution in [0.3, 0.4) is 0 Å². The van der Waals surface area contributed by atoms with E-state index in [1.807, 2.05) is 6.07 Å². The summed E-state index contributed by atoms with van der Waals surface area (Å²) in [5.41, 5.74) is 2.36. The molecule has 92 valence electrons. The van der Waals surface area contributed by atoms with Crippen molar-refractivity contribution >= 4 is 23.7 Å². The zero-order valence-corrected chi connectivity index (χ0v) is 11.5. The van der Waals surface area contributed by atoms with E-state index in [-0.39, 0.29) is 0 Å². The fourth-order valence-electron chi connectivity index (χ4n) is 2.19. The highest BCUT2D eigenvalue weighted by molar-refractivity contribution is 7.80. The molecule has 0 bridgehead atoms. The number of fused-ring (bicyclic) bond motifs is 1. The van der Waals surface area contributed by atoms with Gasteiger partial charge >= 0.3 is 0 Å². The number of thiol groups is 1. The van der Waals surface area contributed by atoms with Gasteiger partial charge in [0.15, 0.2) is 0 Å². The average molecular weight is 248 g/mol. The van der Waals surface area contributed by atoms with Crippen LogP contribution in [0.15, 0.2) is 24.3 Å². The molecule has 0 radical (unpaired) electrons. The summed E-state index contributed by atoms with van der Waals surface area (Å²) in [7, 11) is 0. The minimum atomic E-state index is 0.730. The van der Waals surface area contributed by atoms with Crippen LogP contribution in [0, 0.1) is 12.8 Å². The number of aryl methyl sites for hydroxylation is 2. The van der Waals surface area contributed by atoms with Crippen molar-refractivity contribution in [2.45, 2.75) is 33.2 Å². The molecule has 0 saturated heterocycles. The van der Waals surface area contributed by atoms with Crippen molar-refractivity contribution in [3.8, 4) is 0 Å². The zero-order valence-electron chi connectivity index (χ0n) is 10.6. The van der Waals surface area contributed by atoms with E-state index in [1.165, 1.54) is 18.4 Å². The third-order valence-electron chi connectivity index (χ3n) is 3.31. The second-order valence-corrected chi connectivity index (χ2v) is 5.15. The number of rotatable bonds is 5. The van der Waals surface area contributed by atoms with Gasteiger partial charge in [-0.05, 0) is 43.6 Å². The normalized spacial score (nSPS) is 13.1. The first-order valence-electron chi connectivity index (χ1n) is 6.25. The number of imidazole rings is 1. The molecule has 1 aromatic heterocycles. The molecule has 17 heavy (non-hydrogen) atoms. The summed E-state index contributed by atoms with van der Waals surface area (Å²) in [4.78, 5) is 4.58. The van der Waals surface area contributed by atoms with Crippen LogP contribution in [-0.2, 0) is 6.54 Å². The van der Waals surface area contributed by atoms with Gasteiger partial charge < -0.3 is 4.57 Å². The average Bonchev–Trinajstić information content (AvgIpc) is 2.62.